The molecule has 3 nitrogen and oxygen atoms in total. The molecule has 1 amide bonds. The van der Waals surface area contributed by atoms with Crippen LogP contribution in [0.3, 0.4) is 0 Å². The molecule has 1 aromatic rings. The van der Waals surface area contributed by atoms with Gasteiger partial charge in [0.1, 0.15) is 0 Å². The van der Waals surface area contributed by atoms with Gasteiger partial charge in [0.05, 0.1) is 0 Å². The van der Waals surface area contributed by atoms with Crippen molar-refractivity contribution in [2.75, 3.05) is 19.6 Å². The van der Waals surface area contributed by atoms with E-state index in [4.69, 9.17) is 0 Å². The minimum absolute atomic E-state index is 0.368. The summed E-state index contributed by atoms with van der Waals surface area (Å²) in [5.41, 5.74) is 2.78. The first-order chi connectivity index (χ1) is 11.1. The molecule has 2 aliphatic rings. The minimum atomic E-state index is 0.368. The fourth-order valence-corrected chi connectivity index (χ4v) is 4.29. The molecule has 23 heavy (non-hydrogen) atoms. The van der Waals surface area contributed by atoms with Gasteiger partial charge in [0.25, 0.3) is 0 Å². The molecule has 2 atom stereocenters. The molecule has 3 rings (SSSR count). The number of hydrogen-bond donors (Lipinski definition) is 1. The van der Waals surface area contributed by atoms with E-state index < -0.39 is 0 Å². The van der Waals surface area contributed by atoms with Gasteiger partial charge in [-0.05, 0) is 69.7 Å². The Labute approximate surface area is 140 Å². The summed E-state index contributed by atoms with van der Waals surface area (Å²) in [5, 5.41) is 3.40. The van der Waals surface area contributed by atoms with E-state index in [1.54, 1.807) is 0 Å². The van der Waals surface area contributed by atoms with Gasteiger partial charge >= 0.3 is 0 Å². The highest BCUT2D eigenvalue weighted by molar-refractivity contribution is 5.77. The first kappa shape index (κ1) is 16.5. The molecule has 2 saturated heterocycles. The second kappa shape index (κ2) is 7.48. The lowest BCUT2D eigenvalue weighted by molar-refractivity contribution is -0.132. The summed E-state index contributed by atoms with van der Waals surface area (Å²) >= 11 is 0. The van der Waals surface area contributed by atoms with Crippen LogP contribution < -0.4 is 5.32 Å². The van der Waals surface area contributed by atoms with Crippen LogP contribution in [0.4, 0.5) is 0 Å². The normalized spacial score (nSPS) is 25.7. The SMILES string of the molecule is Cc1ccccc1[C@@H]1C[C@@H](C)N(C(=O)CCC2CCNCC2)C1. The van der Waals surface area contributed by atoms with Crippen molar-refractivity contribution in [2.24, 2.45) is 5.92 Å². The highest BCUT2D eigenvalue weighted by Crippen LogP contribution is 2.34. The third-order valence-electron chi connectivity index (χ3n) is 5.75. The quantitative estimate of drug-likeness (QED) is 0.923. The van der Waals surface area contributed by atoms with Crippen LogP contribution in [0.2, 0.25) is 0 Å². The largest absolute Gasteiger partial charge is 0.339 e. The fourth-order valence-electron chi connectivity index (χ4n) is 4.29. The summed E-state index contributed by atoms with van der Waals surface area (Å²) < 4.78 is 0. The van der Waals surface area contributed by atoms with Crippen LogP contribution in [0.25, 0.3) is 0 Å². The number of benzene rings is 1. The van der Waals surface area contributed by atoms with Gasteiger partial charge in [-0.3, -0.25) is 4.79 Å². The molecule has 0 aliphatic carbocycles. The van der Waals surface area contributed by atoms with Crippen molar-refractivity contribution in [2.45, 2.75) is 57.9 Å². The average molecular weight is 314 g/mol. The number of hydrogen-bond acceptors (Lipinski definition) is 2. The van der Waals surface area contributed by atoms with Gasteiger partial charge in [-0.2, -0.15) is 0 Å². The number of nitrogens with zero attached hydrogens (tertiary/aromatic N) is 1. The maximum absolute atomic E-state index is 12.7. The predicted molar refractivity (Wildman–Crippen MR) is 94.5 cm³/mol. The van der Waals surface area contributed by atoms with Crippen molar-refractivity contribution >= 4 is 5.91 Å². The van der Waals surface area contributed by atoms with Crippen molar-refractivity contribution in [3.05, 3.63) is 35.4 Å². The Kier molecular flexibility index (Phi) is 5.37. The monoisotopic (exact) mass is 314 g/mol. The fraction of sp³-hybridized carbons (Fsp3) is 0.650. The van der Waals surface area contributed by atoms with E-state index in [0.717, 1.165) is 44.8 Å². The zero-order chi connectivity index (χ0) is 16.2. The van der Waals surface area contributed by atoms with E-state index in [2.05, 4.69) is 48.3 Å². The number of amides is 1. The van der Waals surface area contributed by atoms with Crippen LogP contribution in [0.15, 0.2) is 24.3 Å². The van der Waals surface area contributed by atoms with Crippen molar-refractivity contribution in [1.29, 1.82) is 0 Å². The molecule has 0 unspecified atom stereocenters. The number of aryl methyl sites for hydroxylation is 1. The van der Waals surface area contributed by atoms with Crippen molar-refractivity contribution in [3.63, 3.8) is 0 Å². The Hall–Kier alpha value is -1.35. The lowest BCUT2D eigenvalue weighted by Crippen LogP contribution is -2.34. The third-order valence-corrected chi connectivity index (χ3v) is 5.75. The second-order valence-electron chi connectivity index (χ2n) is 7.42. The van der Waals surface area contributed by atoms with Crippen molar-refractivity contribution in [3.8, 4) is 0 Å². The molecule has 2 aliphatic heterocycles. The van der Waals surface area contributed by atoms with Crippen molar-refractivity contribution in [1.82, 2.24) is 10.2 Å². The number of carbonyl (C=O) groups excluding carboxylic acids is 1. The molecule has 1 aromatic carbocycles. The lowest BCUT2D eigenvalue weighted by Gasteiger charge is -2.25. The van der Waals surface area contributed by atoms with Gasteiger partial charge in [-0.15, -0.1) is 0 Å². The Morgan fingerprint density at radius 1 is 1.26 bits per heavy atom. The Balaban J connectivity index is 1.55. The maximum atomic E-state index is 12.7. The standard InChI is InChI=1S/C20H30N2O/c1-15-5-3-4-6-19(15)18-13-16(2)22(14-18)20(23)8-7-17-9-11-21-12-10-17/h3-6,16-18,21H,7-14H2,1-2H3/t16-,18-/m1/s1. The van der Waals surface area contributed by atoms with Gasteiger partial charge in [-0.1, -0.05) is 24.3 Å². The average Bonchev–Trinajstić information content (AvgIpc) is 2.96. The highest BCUT2D eigenvalue weighted by atomic mass is 16.2. The maximum Gasteiger partial charge on any atom is 0.222 e. The summed E-state index contributed by atoms with van der Waals surface area (Å²) in [6, 6.07) is 9.01. The number of piperidine rings is 1. The van der Waals surface area contributed by atoms with E-state index in [-0.39, 0.29) is 0 Å². The van der Waals surface area contributed by atoms with Gasteiger partial charge in [0.15, 0.2) is 0 Å². The molecule has 0 bridgehead atoms. The predicted octanol–water partition coefficient (Wildman–Crippen LogP) is 3.48. The molecule has 126 valence electrons. The van der Waals surface area contributed by atoms with Gasteiger partial charge in [0.2, 0.25) is 5.91 Å². The van der Waals surface area contributed by atoms with E-state index in [1.807, 2.05) is 0 Å². The Morgan fingerprint density at radius 2 is 2.00 bits per heavy atom. The Morgan fingerprint density at radius 3 is 2.74 bits per heavy atom. The molecule has 3 heteroatoms. The van der Waals surface area contributed by atoms with Gasteiger partial charge in [-0.25, -0.2) is 0 Å². The van der Waals surface area contributed by atoms with E-state index in [9.17, 15) is 4.79 Å². The minimum Gasteiger partial charge on any atom is -0.339 e. The van der Waals surface area contributed by atoms with E-state index in [1.165, 1.54) is 24.0 Å². The molecule has 0 spiro atoms. The van der Waals surface area contributed by atoms with Crippen LogP contribution >= 0.6 is 0 Å². The first-order valence-electron chi connectivity index (χ1n) is 9.21. The van der Waals surface area contributed by atoms with E-state index in [0.29, 0.717) is 17.9 Å². The molecular formula is C20H30N2O. The van der Waals surface area contributed by atoms with Crippen molar-refractivity contribution < 1.29 is 4.79 Å². The Bertz CT molecular complexity index is 536. The van der Waals surface area contributed by atoms with Crippen LogP contribution in [0.5, 0.6) is 0 Å². The number of likely N-dealkylation sites (tertiary alicyclic amines) is 1. The van der Waals surface area contributed by atoms with Gasteiger partial charge in [0, 0.05) is 24.9 Å². The summed E-state index contributed by atoms with van der Waals surface area (Å²) in [5.74, 6) is 1.62. The zero-order valence-corrected chi connectivity index (χ0v) is 14.6. The third kappa shape index (κ3) is 3.95. The summed E-state index contributed by atoms with van der Waals surface area (Å²) in [6.45, 7) is 7.53. The number of carbonyl (C=O) groups is 1. The van der Waals surface area contributed by atoms with Crippen LogP contribution in [0.1, 0.15) is 56.1 Å². The summed E-state index contributed by atoms with van der Waals surface area (Å²) in [6.07, 6.45) is 5.36. The molecule has 2 fully saturated rings. The molecule has 0 saturated carbocycles. The number of nitrogens with one attached hydrogen (secondary N) is 1. The molecular weight excluding hydrogens is 284 g/mol. The van der Waals surface area contributed by atoms with Crippen LogP contribution in [0, 0.1) is 12.8 Å². The highest BCUT2D eigenvalue weighted by Gasteiger charge is 2.33. The van der Waals surface area contributed by atoms with Crippen LogP contribution in [-0.4, -0.2) is 36.5 Å². The first-order valence-corrected chi connectivity index (χ1v) is 9.21. The topological polar surface area (TPSA) is 32.3 Å². The molecule has 2 heterocycles. The molecule has 0 aromatic heterocycles. The van der Waals surface area contributed by atoms with Crippen LogP contribution in [-0.2, 0) is 4.79 Å². The molecule has 1 N–H and O–H groups in total. The van der Waals surface area contributed by atoms with Gasteiger partial charge < -0.3 is 10.2 Å². The smallest absolute Gasteiger partial charge is 0.222 e. The summed E-state index contributed by atoms with van der Waals surface area (Å²) in [7, 11) is 0. The number of rotatable bonds is 4. The van der Waals surface area contributed by atoms with E-state index >= 15 is 0 Å². The zero-order valence-electron chi connectivity index (χ0n) is 14.6. The lowest BCUT2D eigenvalue weighted by atomic mass is 9.93. The molecule has 0 radical (unpaired) electrons. The second-order valence-corrected chi connectivity index (χ2v) is 7.42. The summed E-state index contributed by atoms with van der Waals surface area (Å²) in [4.78, 5) is 14.8.